The van der Waals surface area contributed by atoms with Gasteiger partial charge in [0, 0.05) is 12.6 Å². The average molecular weight is 412 g/mol. The number of hydrogen-bond donors (Lipinski definition) is 2. The molecule has 0 unspecified atom stereocenters. The van der Waals surface area contributed by atoms with Gasteiger partial charge in [-0.3, -0.25) is 9.59 Å². The number of rotatable bonds is 9. The number of carbonyl (C=O) groups excluding carboxylic acids is 2. The van der Waals surface area contributed by atoms with Crippen LogP contribution in [0.5, 0.6) is 5.75 Å². The Balaban J connectivity index is 2.47. The van der Waals surface area contributed by atoms with Gasteiger partial charge in [0.25, 0.3) is 5.91 Å². The molecule has 1 rings (SSSR count). The predicted octanol–water partition coefficient (Wildman–Crippen LogP) is 1.32. The maximum absolute atomic E-state index is 12.1. The van der Waals surface area contributed by atoms with Crippen molar-refractivity contribution in [1.29, 1.82) is 0 Å². The van der Waals surface area contributed by atoms with Crippen LogP contribution in [0.25, 0.3) is 0 Å². The number of ether oxygens (including phenoxy) is 2. The van der Waals surface area contributed by atoms with E-state index < -0.39 is 40.6 Å². The van der Waals surface area contributed by atoms with Gasteiger partial charge in [0.1, 0.15) is 5.75 Å². The van der Waals surface area contributed by atoms with Crippen molar-refractivity contribution in [2.75, 3.05) is 13.2 Å². The number of amides is 1. The third-order valence-electron chi connectivity index (χ3n) is 2.80. The highest BCUT2D eigenvalue weighted by Crippen LogP contribution is 2.23. The van der Waals surface area contributed by atoms with Crippen LogP contribution >= 0.6 is 0 Å². The molecule has 12 heteroatoms. The highest BCUT2D eigenvalue weighted by Gasteiger charge is 2.31. The summed E-state index contributed by atoms with van der Waals surface area (Å²) in [6, 6.07) is 3.44. The lowest BCUT2D eigenvalue weighted by atomic mass is 10.3. The number of alkyl halides is 3. The molecule has 27 heavy (non-hydrogen) atoms. The Kier molecular flexibility index (Phi) is 8.03. The Morgan fingerprint density at radius 3 is 2.26 bits per heavy atom. The molecule has 1 aromatic carbocycles. The summed E-state index contributed by atoms with van der Waals surface area (Å²) in [6.07, 6.45) is -5.21. The Labute approximate surface area is 154 Å². The van der Waals surface area contributed by atoms with E-state index in [-0.39, 0.29) is 23.9 Å². The summed E-state index contributed by atoms with van der Waals surface area (Å²) in [6.45, 7) is 2.67. The summed E-state index contributed by atoms with van der Waals surface area (Å²) in [4.78, 5) is 22.5. The lowest BCUT2D eigenvalue weighted by molar-refractivity contribution is -0.274. The first-order valence-corrected chi connectivity index (χ1v) is 9.18. The Hall–Kier alpha value is -2.34. The minimum Gasteiger partial charge on any atom is -0.456 e. The second-order valence-electron chi connectivity index (χ2n) is 5.55. The molecule has 0 bridgehead atoms. The van der Waals surface area contributed by atoms with Crippen molar-refractivity contribution >= 4 is 21.9 Å². The van der Waals surface area contributed by atoms with Crippen LogP contribution in [0.4, 0.5) is 13.2 Å². The van der Waals surface area contributed by atoms with Crippen molar-refractivity contribution in [1.82, 2.24) is 10.0 Å². The van der Waals surface area contributed by atoms with E-state index in [2.05, 4.69) is 19.5 Å². The lowest BCUT2D eigenvalue weighted by Crippen LogP contribution is -2.34. The van der Waals surface area contributed by atoms with Gasteiger partial charge >= 0.3 is 12.3 Å². The molecule has 0 saturated carbocycles. The average Bonchev–Trinajstić information content (AvgIpc) is 2.51. The maximum Gasteiger partial charge on any atom is 0.573 e. The Bertz CT molecular complexity index is 748. The van der Waals surface area contributed by atoms with E-state index in [9.17, 15) is 31.2 Å². The first-order valence-electron chi connectivity index (χ1n) is 7.69. The fraction of sp³-hybridized carbons (Fsp3) is 0.467. The van der Waals surface area contributed by atoms with Crippen LogP contribution in [-0.2, 0) is 24.3 Å². The summed E-state index contributed by atoms with van der Waals surface area (Å²) >= 11 is 0. The van der Waals surface area contributed by atoms with Gasteiger partial charge in [0.15, 0.2) is 6.61 Å². The van der Waals surface area contributed by atoms with Crippen LogP contribution in [0, 0.1) is 0 Å². The fourth-order valence-corrected chi connectivity index (χ4v) is 2.80. The second-order valence-corrected chi connectivity index (χ2v) is 7.32. The molecule has 2 N–H and O–H groups in total. The topological polar surface area (TPSA) is 111 Å². The molecule has 8 nitrogen and oxygen atoms in total. The molecule has 1 aromatic rings. The molecular weight excluding hydrogens is 393 g/mol. The van der Waals surface area contributed by atoms with Crippen LogP contribution in [0.1, 0.15) is 20.3 Å². The van der Waals surface area contributed by atoms with Crippen LogP contribution in [0.15, 0.2) is 29.2 Å². The lowest BCUT2D eigenvalue weighted by Gasteiger charge is -2.10. The van der Waals surface area contributed by atoms with E-state index in [1.807, 2.05) is 0 Å². The SMILES string of the molecule is CC(C)NC(=O)COC(=O)CCNS(=O)(=O)c1ccc(OC(F)(F)F)cc1. The van der Waals surface area contributed by atoms with Gasteiger partial charge < -0.3 is 14.8 Å². The van der Waals surface area contributed by atoms with Gasteiger partial charge in [-0.1, -0.05) is 0 Å². The first kappa shape index (κ1) is 22.7. The normalized spacial score (nSPS) is 11.9. The summed E-state index contributed by atoms with van der Waals surface area (Å²) in [5.74, 6) is -1.84. The van der Waals surface area contributed by atoms with E-state index in [0.29, 0.717) is 0 Å². The van der Waals surface area contributed by atoms with Crippen molar-refractivity contribution in [3.8, 4) is 5.75 Å². The number of sulfonamides is 1. The van der Waals surface area contributed by atoms with Crippen LogP contribution < -0.4 is 14.8 Å². The van der Waals surface area contributed by atoms with Crippen LogP contribution in [0.3, 0.4) is 0 Å². The molecule has 0 saturated heterocycles. The number of hydrogen-bond acceptors (Lipinski definition) is 6. The molecule has 0 heterocycles. The van der Waals surface area contributed by atoms with Crippen molar-refractivity contribution in [2.45, 2.75) is 37.6 Å². The molecule has 0 fully saturated rings. The molecule has 1 amide bonds. The minimum absolute atomic E-state index is 0.115. The number of halogens is 3. The summed E-state index contributed by atoms with van der Waals surface area (Å²) in [5.41, 5.74) is 0. The quantitative estimate of drug-likeness (QED) is 0.592. The molecule has 0 aliphatic carbocycles. The molecule has 0 aliphatic heterocycles. The van der Waals surface area contributed by atoms with Crippen LogP contribution in [-0.4, -0.2) is 45.9 Å². The second kappa shape index (κ2) is 9.55. The highest BCUT2D eigenvalue weighted by atomic mass is 32.2. The first-order chi connectivity index (χ1) is 12.4. The monoisotopic (exact) mass is 412 g/mol. The van der Waals surface area contributed by atoms with E-state index >= 15 is 0 Å². The summed E-state index contributed by atoms with van der Waals surface area (Å²) < 4.78 is 70.7. The fourth-order valence-electron chi connectivity index (χ4n) is 1.77. The zero-order valence-electron chi connectivity index (χ0n) is 14.5. The number of benzene rings is 1. The molecular formula is C15H19F3N2O6S. The van der Waals surface area contributed by atoms with Gasteiger partial charge in [-0.15, -0.1) is 13.2 Å². The van der Waals surface area contributed by atoms with Gasteiger partial charge in [-0.2, -0.15) is 0 Å². The van der Waals surface area contributed by atoms with Gasteiger partial charge in [0.2, 0.25) is 10.0 Å². The molecule has 0 radical (unpaired) electrons. The van der Waals surface area contributed by atoms with E-state index in [0.717, 1.165) is 24.3 Å². The number of carbonyl (C=O) groups is 2. The molecule has 0 atom stereocenters. The Morgan fingerprint density at radius 2 is 1.74 bits per heavy atom. The van der Waals surface area contributed by atoms with E-state index in [4.69, 9.17) is 0 Å². The maximum atomic E-state index is 12.1. The standard InChI is InChI=1S/C15H19F3N2O6S/c1-10(2)20-13(21)9-25-14(22)7-8-19-27(23,24)12-5-3-11(4-6-12)26-15(16,17)18/h3-6,10,19H,7-9H2,1-2H3,(H,20,21). The summed E-state index contributed by atoms with van der Waals surface area (Å²) in [7, 11) is -4.04. The minimum atomic E-state index is -4.88. The third kappa shape index (κ3) is 9.24. The Morgan fingerprint density at radius 1 is 1.15 bits per heavy atom. The highest BCUT2D eigenvalue weighted by molar-refractivity contribution is 7.89. The molecule has 152 valence electrons. The zero-order valence-corrected chi connectivity index (χ0v) is 15.3. The zero-order chi connectivity index (χ0) is 20.7. The molecule has 0 spiro atoms. The summed E-state index contributed by atoms with van der Waals surface area (Å²) in [5, 5.41) is 2.51. The van der Waals surface area contributed by atoms with E-state index in [1.165, 1.54) is 0 Å². The number of esters is 1. The van der Waals surface area contributed by atoms with Crippen molar-refractivity contribution in [3.63, 3.8) is 0 Å². The van der Waals surface area contributed by atoms with Gasteiger partial charge in [-0.05, 0) is 38.1 Å². The molecule has 0 aliphatic rings. The predicted molar refractivity (Wildman–Crippen MR) is 87.2 cm³/mol. The number of nitrogens with one attached hydrogen (secondary N) is 2. The van der Waals surface area contributed by atoms with Crippen LogP contribution in [0.2, 0.25) is 0 Å². The third-order valence-corrected chi connectivity index (χ3v) is 4.28. The van der Waals surface area contributed by atoms with E-state index in [1.54, 1.807) is 13.8 Å². The molecule has 0 aromatic heterocycles. The smallest absolute Gasteiger partial charge is 0.456 e. The largest absolute Gasteiger partial charge is 0.573 e. The van der Waals surface area contributed by atoms with Gasteiger partial charge in [0.05, 0.1) is 11.3 Å². The van der Waals surface area contributed by atoms with Crippen molar-refractivity contribution in [3.05, 3.63) is 24.3 Å². The van der Waals surface area contributed by atoms with Gasteiger partial charge in [-0.25, -0.2) is 13.1 Å². The van der Waals surface area contributed by atoms with Crippen molar-refractivity contribution in [2.24, 2.45) is 0 Å². The van der Waals surface area contributed by atoms with Crippen molar-refractivity contribution < 1.29 is 40.7 Å².